The average molecular weight is 381 g/mol. The average Bonchev–Trinajstić information content (AvgIpc) is 3.31. The Morgan fingerprint density at radius 2 is 1.96 bits per heavy atom. The molecular formula is C21H27N5O2. The number of rotatable bonds is 5. The van der Waals surface area contributed by atoms with Crippen molar-refractivity contribution in [2.24, 2.45) is 5.92 Å². The van der Waals surface area contributed by atoms with Gasteiger partial charge in [-0.15, -0.1) is 0 Å². The summed E-state index contributed by atoms with van der Waals surface area (Å²) in [6.45, 7) is 6.78. The highest BCUT2D eigenvalue weighted by atomic mass is 16.2. The number of benzene rings is 1. The second-order valence-corrected chi connectivity index (χ2v) is 7.89. The van der Waals surface area contributed by atoms with Crippen molar-refractivity contribution >= 4 is 11.8 Å². The lowest BCUT2D eigenvalue weighted by atomic mass is 9.99. The summed E-state index contributed by atoms with van der Waals surface area (Å²) in [6, 6.07) is 9.83. The number of nitrogens with zero attached hydrogens (tertiary/aromatic N) is 5. The number of aromatic nitrogens is 3. The first-order valence-electron chi connectivity index (χ1n) is 10.1. The Hall–Kier alpha value is -2.70. The van der Waals surface area contributed by atoms with Crippen molar-refractivity contribution in [2.45, 2.75) is 45.7 Å². The lowest BCUT2D eigenvalue weighted by Crippen LogP contribution is -2.45. The van der Waals surface area contributed by atoms with Gasteiger partial charge in [-0.05, 0) is 12.3 Å². The molecule has 1 fully saturated rings. The van der Waals surface area contributed by atoms with Crippen LogP contribution in [-0.2, 0) is 16.1 Å². The molecule has 0 saturated carbocycles. The molecule has 0 bridgehead atoms. The predicted octanol–water partition coefficient (Wildman–Crippen LogP) is 2.50. The topological polar surface area (TPSA) is 71.3 Å². The van der Waals surface area contributed by atoms with E-state index in [0.29, 0.717) is 38.3 Å². The maximum atomic E-state index is 13.0. The summed E-state index contributed by atoms with van der Waals surface area (Å²) in [4.78, 5) is 33.4. The number of amides is 2. The van der Waals surface area contributed by atoms with Crippen molar-refractivity contribution < 1.29 is 9.59 Å². The third kappa shape index (κ3) is 3.53. The van der Waals surface area contributed by atoms with Crippen LogP contribution in [0.25, 0.3) is 11.4 Å². The Morgan fingerprint density at radius 3 is 2.64 bits per heavy atom. The summed E-state index contributed by atoms with van der Waals surface area (Å²) < 4.78 is 1.95. The summed E-state index contributed by atoms with van der Waals surface area (Å²) in [5.74, 6) is 2.04. The molecule has 1 aromatic heterocycles. The lowest BCUT2D eigenvalue weighted by molar-refractivity contribution is -0.137. The highest BCUT2D eigenvalue weighted by Gasteiger charge is 2.36. The van der Waals surface area contributed by atoms with Gasteiger partial charge in [0.25, 0.3) is 0 Å². The van der Waals surface area contributed by atoms with Crippen LogP contribution in [-0.4, -0.2) is 56.0 Å². The molecular weight excluding hydrogens is 354 g/mol. The van der Waals surface area contributed by atoms with Crippen LogP contribution in [0.2, 0.25) is 0 Å². The molecule has 0 N–H and O–H groups in total. The van der Waals surface area contributed by atoms with Gasteiger partial charge >= 0.3 is 0 Å². The molecule has 2 aromatic rings. The SMILES string of the molecule is CC(C)[C@H]1c2nc(-c3ccccc3)nn2CCN1C(=O)CCN1CCCC1=O. The van der Waals surface area contributed by atoms with E-state index in [2.05, 4.69) is 18.9 Å². The van der Waals surface area contributed by atoms with E-state index < -0.39 is 0 Å². The number of hydrogen-bond acceptors (Lipinski definition) is 4. The molecule has 0 spiro atoms. The molecule has 2 aliphatic heterocycles. The third-order valence-corrected chi connectivity index (χ3v) is 5.60. The Labute approximate surface area is 165 Å². The third-order valence-electron chi connectivity index (χ3n) is 5.60. The molecule has 2 amide bonds. The van der Waals surface area contributed by atoms with Gasteiger partial charge in [0.1, 0.15) is 0 Å². The predicted molar refractivity (Wildman–Crippen MR) is 105 cm³/mol. The van der Waals surface area contributed by atoms with Crippen LogP contribution in [0.4, 0.5) is 0 Å². The molecule has 1 atom stereocenters. The maximum Gasteiger partial charge on any atom is 0.225 e. The second-order valence-electron chi connectivity index (χ2n) is 7.89. The van der Waals surface area contributed by atoms with Crippen molar-refractivity contribution in [1.82, 2.24) is 24.6 Å². The summed E-state index contributed by atoms with van der Waals surface area (Å²) in [5, 5.41) is 4.68. The minimum absolute atomic E-state index is 0.0916. The normalized spacial score (nSPS) is 19.4. The minimum atomic E-state index is -0.0968. The van der Waals surface area contributed by atoms with Crippen LogP contribution >= 0.6 is 0 Å². The second kappa shape index (κ2) is 7.73. The van der Waals surface area contributed by atoms with Crippen LogP contribution in [0.1, 0.15) is 45.0 Å². The van der Waals surface area contributed by atoms with E-state index in [1.165, 1.54) is 0 Å². The lowest BCUT2D eigenvalue weighted by Gasteiger charge is -2.37. The number of carbonyl (C=O) groups excluding carboxylic acids is 2. The van der Waals surface area contributed by atoms with Crippen LogP contribution in [0, 0.1) is 5.92 Å². The summed E-state index contributed by atoms with van der Waals surface area (Å²) >= 11 is 0. The van der Waals surface area contributed by atoms with E-state index in [0.717, 1.165) is 24.4 Å². The summed E-state index contributed by atoms with van der Waals surface area (Å²) in [6.07, 6.45) is 1.88. The largest absolute Gasteiger partial charge is 0.342 e. The Bertz CT molecular complexity index is 861. The fraction of sp³-hybridized carbons (Fsp3) is 0.524. The maximum absolute atomic E-state index is 13.0. The summed E-state index contributed by atoms with van der Waals surface area (Å²) in [7, 11) is 0. The summed E-state index contributed by atoms with van der Waals surface area (Å²) in [5.41, 5.74) is 0.984. The Kier molecular flexibility index (Phi) is 5.15. The first-order chi connectivity index (χ1) is 13.5. The van der Waals surface area contributed by atoms with Gasteiger partial charge in [0.2, 0.25) is 11.8 Å². The number of fused-ring (bicyclic) bond motifs is 1. The van der Waals surface area contributed by atoms with Crippen molar-refractivity contribution in [2.75, 3.05) is 19.6 Å². The Balaban J connectivity index is 1.53. The first-order valence-corrected chi connectivity index (χ1v) is 10.1. The van der Waals surface area contributed by atoms with E-state index in [4.69, 9.17) is 4.98 Å². The van der Waals surface area contributed by atoms with Crippen LogP contribution in [0.15, 0.2) is 30.3 Å². The van der Waals surface area contributed by atoms with E-state index in [1.54, 1.807) is 0 Å². The molecule has 0 radical (unpaired) electrons. The monoisotopic (exact) mass is 381 g/mol. The van der Waals surface area contributed by atoms with Crippen LogP contribution < -0.4 is 0 Å². The van der Waals surface area contributed by atoms with Crippen molar-refractivity contribution in [3.05, 3.63) is 36.2 Å². The van der Waals surface area contributed by atoms with E-state index in [-0.39, 0.29) is 23.8 Å². The molecule has 0 unspecified atom stereocenters. The van der Waals surface area contributed by atoms with Gasteiger partial charge in [0.15, 0.2) is 11.6 Å². The van der Waals surface area contributed by atoms with Crippen molar-refractivity contribution in [3.63, 3.8) is 0 Å². The van der Waals surface area contributed by atoms with Gasteiger partial charge in [-0.2, -0.15) is 5.10 Å². The number of carbonyl (C=O) groups is 2. The molecule has 1 saturated heterocycles. The van der Waals surface area contributed by atoms with Gasteiger partial charge in [0.05, 0.1) is 12.6 Å². The van der Waals surface area contributed by atoms with Gasteiger partial charge in [-0.3, -0.25) is 9.59 Å². The molecule has 7 nitrogen and oxygen atoms in total. The fourth-order valence-corrected chi connectivity index (χ4v) is 4.18. The fourth-order valence-electron chi connectivity index (χ4n) is 4.18. The van der Waals surface area contributed by atoms with Crippen molar-refractivity contribution in [3.8, 4) is 11.4 Å². The minimum Gasteiger partial charge on any atom is -0.342 e. The molecule has 28 heavy (non-hydrogen) atoms. The Morgan fingerprint density at radius 1 is 1.18 bits per heavy atom. The van der Waals surface area contributed by atoms with Crippen molar-refractivity contribution in [1.29, 1.82) is 0 Å². The molecule has 148 valence electrons. The first kappa shape index (κ1) is 18.7. The standard InChI is InChI=1S/C21H27N5O2/c1-15(2)19-21-22-20(16-7-4-3-5-8-16)23-26(21)14-13-25(19)18(28)10-12-24-11-6-9-17(24)27/h3-5,7-8,15,19H,6,9-14H2,1-2H3/t19-/m0/s1. The zero-order valence-electron chi connectivity index (χ0n) is 16.5. The van der Waals surface area contributed by atoms with Crippen LogP contribution in [0.3, 0.4) is 0 Å². The molecule has 1 aromatic carbocycles. The number of likely N-dealkylation sites (tertiary alicyclic amines) is 1. The van der Waals surface area contributed by atoms with E-state index in [9.17, 15) is 9.59 Å². The van der Waals surface area contributed by atoms with E-state index >= 15 is 0 Å². The van der Waals surface area contributed by atoms with E-state index in [1.807, 2.05) is 44.8 Å². The van der Waals surface area contributed by atoms with Gasteiger partial charge in [-0.25, -0.2) is 9.67 Å². The number of hydrogen-bond donors (Lipinski definition) is 0. The zero-order valence-corrected chi connectivity index (χ0v) is 16.5. The molecule has 3 heterocycles. The molecule has 2 aliphatic rings. The molecule has 7 heteroatoms. The van der Waals surface area contributed by atoms with Gasteiger partial charge in [-0.1, -0.05) is 44.2 Å². The highest BCUT2D eigenvalue weighted by Crippen LogP contribution is 2.32. The molecule has 0 aliphatic carbocycles. The smallest absolute Gasteiger partial charge is 0.225 e. The van der Waals surface area contributed by atoms with Crippen LogP contribution in [0.5, 0.6) is 0 Å². The molecule has 4 rings (SSSR count). The zero-order chi connectivity index (χ0) is 19.7. The quantitative estimate of drug-likeness (QED) is 0.798. The highest BCUT2D eigenvalue weighted by molar-refractivity contribution is 5.80. The van der Waals surface area contributed by atoms with Gasteiger partial charge in [0, 0.05) is 38.0 Å². The van der Waals surface area contributed by atoms with Gasteiger partial charge < -0.3 is 9.80 Å².